The summed E-state index contributed by atoms with van der Waals surface area (Å²) in [5, 5.41) is 0.450. The van der Waals surface area contributed by atoms with Gasteiger partial charge in [-0.05, 0) is 35.4 Å². The zero-order valence-corrected chi connectivity index (χ0v) is 17.0. The molecule has 0 saturated carbocycles. The van der Waals surface area contributed by atoms with E-state index in [9.17, 15) is 9.59 Å². The fourth-order valence-corrected chi connectivity index (χ4v) is 4.43. The van der Waals surface area contributed by atoms with Crippen LogP contribution < -0.4 is 19.6 Å². The average molecular weight is 426 g/mol. The SMILES string of the molecule is O=C1C[C@@H](c2ccc3c(c2)OCCO3)c2c(ccc3c(=O)c(-c4ccccc4)coc23)O1. The first-order valence-electron chi connectivity index (χ1n) is 10.4. The highest BCUT2D eigenvalue weighted by Gasteiger charge is 2.33. The molecule has 0 aliphatic carbocycles. The van der Waals surface area contributed by atoms with E-state index < -0.39 is 0 Å². The summed E-state index contributed by atoms with van der Waals surface area (Å²) in [4.78, 5) is 25.7. The molecule has 0 spiro atoms. The quantitative estimate of drug-likeness (QED) is 0.343. The van der Waals surface area contributed by atoms with Gasteiger partial charge in [0.05, 0.1) is 17.4 Å². The van der Waals surface area contributed by atoms with Gasteiger partial charge in [0.25, 0.3) is 0 Å². The summed E-state index contributed by atoms with van der Waals surface area (Å²) >= 11 is 0. The summed E-state index contributed by atoms with van der Waals surface area (Å²) in [5.41, 5.74) is 3.14. The van der Waals surface area contributed by atoms with Gasteiger partial charge >= 0.3 is 5.97 Å². The minimum atomic E-state index is -0.337. The summed E-state index contributed by atoms with van der Waals surface area (Å²) < 4.78 is 22.9. The smallest absolute Gasteiger partial charge is 0.312 e. The number of benzene rings is 3. The minimum absolute atomic E-state index is 0.127. The fraction of sp³-hybridized carbons (Fsp3) is 0.154. The van der Waals surface area contributed by atoms with E-state index in [0.717, 1.165) is 11.1 Å². The van der Waals surface area contributed by atoms with Crippen molar-refractivity contribution in [1.29, 1.82) is 0 Å². The van der Waals surface area contributed by atoms with Crippen LogP contribution in [-0.2, 0) is 4.79 Å². The Bertz CT molecular complexity index is 1420. The third kappa shape index (κ3) is 2.95. The normalized spacial score (nSPS) is 17.0. The van der Waals surface area contributed by atoms with Crippen molar-refractivity contribution in [2.75, 3.05) is 13.2 Å². The molecule has 6 rings (SSSR count). The van der Waals surface area contributed by atoms with Crippen LogP contribution in [0.5, 0.6) is 17.2 Å². The summed E-state index contributed by atoms with van der Waals surface area (Å²) in [7, 11) is 0. The van der Waals surface area contributed by atoms with E-state index in [2.05, 4.69) is 0 Å². The van der Waals surface area contributed by atoms with Gasteiger partial charge in [0.15, 0.2) is 11.5 Å². The molecule has 2 aliphatic rings. The molecule has 0 unspecified atom stereocenters. The Kier molecular flexibility index (Phi) is 4.24. The first-order chi connectivity index (χ1) is 15.7. The van der Waals surface area contributed by atoms with Gasteiger partial charge in [-0.15, -0.1) is 0 Å². The molecule has 0 bridgehead atoms. The molecule has 4 aromatic rings. The highest BCUT2D eigenvalue weighted by Crippen LogP contribution is 2.44. The molecule has 6 nitrogen and oxygen atoms in total. The first kappa shape index (κ1) is 18.7. The predicted molar refractivity (Wildman–Crippen MR) is 117 cm³/mol. The second kappa shape index (κ2) is 7.27. The van der Waals surface area contributed by atoms with Gasteiger partial charge in [0.2, 0.25) is 5.43 Å². The summed E-state index contributed by atoms with van der Waals surface area (Å²) in [6, 6.07) is 18.4. The van der Waals surface area contributed by atoms with Gasteiger partial charge in [-0.25, -0.2) is 0 Å². The number of hydrogen-bond acceptors (Lipinski definition) is 6. The molecule has 158 valence electrons. The van der Waals surface area contributed by atoms with Crippen LogP contribution >= 0.6 is 0 Å². The molecule has 0 radical (unpaired) electrons. The molecule has 0 N–H and O–H groups in total. The van der Waals surface area contributed by atoms with Crippen molar-refractivity contribution in [2.45, 2.75) is 12.3 Å². The number of carbonyl (C=O) groups is 1. The second-order valence-electron chi connectivity index (χ2n) is 7.83. The van der Waals surface area contributed by atoms with Crippen LogP contribution in [0, 0.1) is 0 Å². The van der Waals surface area contributed by atoms with Crippen molar-refractivity contribution in [1.82, 2.24) is 0 Å². The molecule has 1 atom stereocenters. The van der Waals surface area contributed by atoms with Crippen LogP contribution in [-0.4, -0.2) is 19.2 Å². The van der Waals surface area contributed by atoms with Crippen LogP contribution in [0.4, 0.5) is 0 Å². The van der Waals surface area contributed by atoms with E-state index in [0.29, 0.717) is 52.6 Å². The van der Waals surface area contributed by atoms with E-state index in [-0.39, 0.29) is 23.7 Å². The van der Waals surface area contributed by atoms with Gasteiger partial charge in [-0.3, -0.25) is 9.59 Å². The molecule has 6 heteroatoms. The van der Waals surface area contributed by atoms with E-state index in [1.54, 1.807) is 12.1 Å². The van der Waals surface area contributed by atoms with Gasteiger partial charge in [-0.2, -0.15) is 0 Å². The van der Waals surface area contributed by atoms with Crippen molar-refractivity contribution >= 4 is 16.9 Å². The molecule has 3 aromatic carbocycles. The Morgan fingerprint density at radius 2 is 1.59 bits per heavy atom. The van der Waals surface area contributed by atoms with Gasteiger partial charge in [0, 0.05) is 11.5 Å². The number of fused-ring (bicyclic) bond motifs is 4. The van der Waals surface area contributed by atoms with Crippen molar-refractivity contribution < 1.29 is 23.4 Å². The molecular weight excluding hydrogens is 408 g/mol. The predicted octanol–water partition coefficient (Wildman–Crippen LogP) is 4.67. The lowest BCUT2D eigenvalue weighted by atomic mass is 9.85. The summed E-state index contributed by atoms with van der Waals surface area (Å²) in [5.74, 6) is 1.05. The highest BCUT2D eigenvalue weighted by atomic mass is 16.6. The number of hydrogen-bond donors (Lipinski definition) is 0. The summed E-state index contributed by atoms with van der Waals surface area (Å²) in [6.07, 6.45) is 1.62. The Morgan fingerprint density at radius 1 is 0.812 bits per heavy atom. The molecule has 32 heavy (non-hydrogen) atoms. The Labute approximate surface area is 183 Å². The maximum Gasteiger partial charge on any atom is 0.312 e. The van der Waals surface area contributed by atoms with Crippen LogP contribution in [0.25, 0.3) is 22.1 Å². The lowest BCUT2D eigenvalue weighted by Gasteiger charge is -2.27. The fourth-order valence-electron chi connectivity index (χ4n) is 4.43. The minimum Gasteiger partial charge on any atom is -0.486 e. The van der Waals surface area contributed by atoms with Crippen LogP contribution in [0.15, 0.2) is 76.1 Å². The van der Waals surface area contributed by atoms with Crippen LogP contribution in [0.1, 0.15) is 23.5 Å². The summed E-state index contributed by atoms with van der Waals surface area (Å²) in [6.45, 7) is 0.976. The average Bonchev–Trinajstić information content (AvgIpc) is 2.83. The Hall–Kier alpha value is -4.06. The number of esters is 1. The van der Waals surface area contributed by atoms with Crippen molar-refractivity contribution in [3.8, 4) is 28.4 Å². The number of rotatable bonds is 2. The van der Waals surface area contributed by atoms with Crippen LogP contribution in [0.3, 0.4) is 0 Å². The van der Waals surface area contributed by atoms with E-state index in [4.69, 9.17) is 18.6 Å². The van der Waals surface area contributed by atoms with Crippen molar-refractivity contribution in [3.05, 3.63) is 88.3 Å². The molecule has 3 heterocycles. The maximum absolute atomic E-state index is 13.3. The number of carbonyl (C=O) groups excluding carboxylic acids is 1. The van der Waals surface area contributed by atoms with E-state index in [1.165, 1.54) is 6.26 Å². The molecule has 0 amide bonds. The van der Waals surface area contributed by atoms with Gasteiger partial charge in [0.1, 0.15) is 30.8 Å². The molecule has 2 aliphatic heterocycles. The number of ether oxygens (including phenoxy) is 3. The van der Waals surface area contributed by atoms with Gasteiger partial charge in [-0.1, -0.05) is 36.4 Å². The molecule has 0 saturated heterocycles. The third-order valence-corrected chi connectivity index (χ3v) is 5.94. The van der Waals surface area contributed by atoms with E-state index >= 15 is 0 Å². The topological polar surface area (TPSA) is 75.0 Å². The zero-order valence-electron chi connectivity index (χ0n) is 17.0. The third-order valence-electron chi connectivity index (χ3n) is 5.94. The second-order valence-corrected chi connectivity index (χ2v) is 7.83. The Balaban J connectivity index is 1.54. The monoisotopic (exact) mass is 426 g/mol. The standard InChI is InChI=1S/C26H18O6/c27-23-13-18(16-6-8-20-22(12-16)30-11-10-29-20)24-21(32-23)9-7-17-25(28)19(14-31-26(17)24)15-4-2-1-3-5-15/h1-9,12,14,18H,10-11,13H2/t18-/m0/s1. The van der Waals surface area contributed by atoms with Crippen molar-refractivity contribution in [2.24, 2.45) is 0 Å². The largest absolute Gasteiger partial charge is 0.486 e. The van der Waals surface area contributed by atoms with E-state index in [1.807, 2.05) is 48.5 Å². The lowest BCUT2D eigenvalue weighted by molar-refractivity contribution is -0.135. The first-order valence-corrected chi connectivity index (χ1v) is 10.4. The van der Waals surface area contributed by atoms with Crippen LogP contribution in [0.2, 0.25) is 0 Å². The maximum atomic E-state index is 13.3. The Morgan fingerprint density at radius 3 is 2.44 bits per heavy atom. The molecule has 1 aromatic heterocycles. The van der Waals surface area contributed by atoms with Crippen molar-refractivity contribution in [3.63, 3.8) is 0 Å². The highest BCUT2D eigenvalue weighted by molar-refractivity contribution is 5.90. The van der Waals surface area contributed by atoms with Gasteiger partial charge < -0.3 is 18.6 Å². The molecule has 0 fully saturated rings. The molecular formula is C26H18O6. The lowest BCUT2D eigenvalue weighted by Crippen LogP contribution is -2.22. The zero-order chi connectivity index (χ0) is 21.7.